The van der Waals surface area contributed by atoms with Gasteiger partial charge in [-0.1, -0.05) is 24.3 Å². The molecule has 0 bridgehead atoms. The quantitative estimate of drug-likeness (QED) is 0.908. The minimum Gasteiger partial charge on any atom is -0.497 e. The van der Waals surface area contributed by atoms with Crippen LogP contribution in [0.25, 0.3) is 0 Å². The molecule has 0 spiro atoms. The number of rotatable bonds is 2. The zero-order chi connectivity index (χ0) is 13.9. The van der Waals surface area contributed by atoms with Gasteiger partial charge in [0.05, 0.1) is 19.2 Å². The van der Waals surface area contributed by atoms with Crippen LogP contribution in [-0.4, -0.2) is 12.4 Å². The number of nitrogens with zero attached hydrogens (tertiary/aromatic N) is 1. The van der Waals surface area contributed by atoms with Gasteiger partial charge < -0.3 is 10.1 Å². The minimum atomic E-state index is -0.140. The number of nitriles is 1. The Hall–Kier alpha value is -2.12. The summed E-state index contributed by atoms with van der Waals surface area (Å²) in [5, 5.41) is 12.7. The zero-order valence-electron chi connectivity index (χ0n) is 11.0. The number of hydrogen-bond donors (Lipinski definition) is 1. The molecule has 2 aromatic carbocycles. The molecule has 100 valence electrons. The first-order chi connectivity index (χ1) is 9.81. The molecule has 20 heavy (non-hydrogen) atoms. The number of fused-ring (bicyclic) bond motifs is 1. The first-order valence-corrected chi connectivity index (χ1v) is 7.25. The van der Waals surface area contributed by atoms with Crippen LogP contribution in [-0.2, 0) is 0 Å². The summed E-state index contributed by atoms with van der Waals surface area (Å²) in [4.78, 5) is 1.13. The van der Waals surface area contributed by atoms with E-state index in [0.717, 1.165) is 21.9 Å². The third kappa shape index (κ3) is 2.33. The molecular weight excluding hydrogens is 268 g/mol. The Balaban J connectivity index is 1.94. The number of anilines is 1. The molecule has 2 atom stereocenters. The molecule has 1 N–H and O–H groups in total. The fraction of sp³-hybridized carbons (Fsp3) is 0.188. The number of para-hydroxylation sites is 1. The molecule has 0 radical (unpaired) electrons. The van der Waals surface area contributed by atoms with Crippen molar-refractivity contribution in [2.45, 2.75) is 16.2 Å². The highest BCUT2D eigenvalue weighted by atomic mass is 32.2. The van der Waals surface area contributed by atoms with Crippen molar-refractivity contribution in [1.82, 2.24) is 0 Å². The van der Waals surface area contributed by atoms with Crippen LogP contribution < -0.4 is 10.1 Å². The Morgan fingerprint density at radius 2 is 1.90 bits per heavy atom. The van der Waals surface area contributed by atoms with E-state index >= 15 is 0 Å². The molecule has 0 aromatic heterocycles. The van der Waals surface area contributed by atoms with Gasteiger partial charge in [0.25, 0.3) is 0 Å². The molecule has 0 aliphatic carbocycles. The van der Waals surface area contributed by atoms with Crippen molar-refractivity contribution in [3.8, 4) is 11.8 Å². The summed E-state index contributed by atoms with van der Waals surface area (Å²) >= 11 is 1.62. The summed E-state index contributed by atoms with van der Waals surface area (Å²) in [6.45, 7) is 0. The predicted octanol–water partition coefficient (Wildman–Crippen LogP) is 3.85. The average molecular weight is 282 g/mol. The second-order valence-electron chi connectivity index (χ2n) is 4.56. The molecule has 0 fully saturated rings. The molecule has 2 aromatic rings. The zero-order valence-corrected chi connectivity index (χ0v) is 11.9. The lowest BCUT2D eigenvalue weighted by Crippen LogP contribution is -2.25. The molecule has 2 unspecified atom stereocenters. The Kier molecular flexibility index (Phi) is 3.53. The second kappa shape index (κ2) is 5.48. The van der Waals surface area contributed by atoms with Crippen LogP contribution in [0.2, 0.25) is 0 Å². The average Bonchev–Trinajstić information content (AvgIpc) is 2.53. The van der Waals surface area contributed by atoms with Crippen LogP contribution in [0.15, 0.2) is 53.4 Å². The van der Waals surface area contributed by atoms with Gasteiger partial charge in [0.2, 0.25) is 0 Å². The van der Waals surface area contributed by atoms with E-state index in [4.69, 9.17) is 4.74 Å². The highest BCUT2D eigenvalue weighted by Gasteiger charge is 2.29. The number of hydrogen-bond acceptors (Lipinski definition) is 4. The second-order valence-corrected chi connectivity index (χ2v) is 5.74. The monoisotopic (exact) mass is 282 g/mol. The van der Waals surface area contributed by atoms with Crippen molar-refractivity contribution in [2.24, 2.45) is 0 Å². The SMILES string of the molecule is COc1ccc(C2Nc3ccccc3SC2C#N)cc1. The smallest absolute Gasteiger partial charge is 0.121 e. The Morgan fingerprint density at radius 3 is 2.60 bits per heavy atom. The molecular formula is C16H14N2OS. The van der Waals surface area contributed by atoms with Crippen molar-refractivity contribution in [3.05, 3.63) is 54.1 Å². The third-order valence-corrected chi connectivity index (χ3v) is 4.60. The number of ether oxygens (including phenoxy) is 1. The normalized spacial score (nSPS) is 20.4. The predicted molar refractivity (Wildman–Crippen MR) is 81.1 cm³/mol. The van der Waals surface area contributed by atoms with Gasteiger partial charge in [-0.15, -0.1) is 11.8 Å². The van der Waals surface area contributed by atoms with E-state index in [1.165, 1.54) is 0 Å². The summed E-state index contributed by atoms with van der Waals surface area (Å²) in [7, 11) is 1.65. The van der Waals surface area contributed by atoms with Gasteiger partial charge in [0.1, 0.15) is 11.0 Å². The Labute approximate surface area is 122 Å². The summed E-state index contributed by atoms with van der Waals surface area (Å²) in [6.07, 6.45) is 0. The lowest BCUT2D eigenvalue weighted by Gasteiger charge is -2.30. The lowest BCUT2D eigenvalue weighted by molar-refractivity contribution is 0.414. The first kappa shape index (κ1) is 12.9. The Bertz CT molecular complexity index is 648. The summed E-state index contributed by atoms with van der Waals surface area (Å²) in [6, 6.07) is 18.3. The number of nitrogens with one attached hydrogen (secondary N) is 1. The van der Waals surface area contributed by atoms with Crippen molar-refractivity contribution in [1.29, 1.82) is 5.26 Å². The fourth-order valence-corrected chi connectivity index (χ4v) is 3.41. The molecule has 1 aliphatic heterocycles. The molecule has 0 saturated heterocycles. The van der Waals surface area contributed by atoms with E-state index in [2.05, 4.69) is 11.4 Å². The van der Waals surface area contributed by atoms with Gasteiger partial charge in [-0.2, -0.15) is 5.26 Å². The maximum atomic E-state index is 9.41. The molecule has 3 nitrogen and oxygen atoms in total. The van der Waals surface area contributed by atoms with Crippen LogP contribution in [0.3, 0.4) is 0 Å². The maximum Gasteiger partial charge on any atom is 0.121 e. The van der Waals surface area contributed by atoms with Crippen LogP contribution in [0.4, 0.5) is 5.69 Å². The van der Waals surface area contributed by atoms with Crippen LogP contribution in [0, 0.1) is 11.3 Å². The van der Waals surface area contributed by atoms with E-state index in [-0.39, 0.29) is 11.3 Å². The lowest BCUT2D eigenvalue weighted by atomic mass is 10.0. The minimum absolute atomic E-state index is 0.00851. The fourth-order valence-electron chi connectivity index (χ4n) is 2.31. The largest absolute Gasteiger partial charge is 0.497 e. The maximum absolute atomic E-state index is 9.41. The van der Waals surface area contributed by atoms with Crippen molar-refractivity contribution in [3.63, 3.8) is 0 Å². The van der Waals surface area contributed by atoms with E-state index < -0.39 is 0 Å². The molecule has 1 heterocycles. The highest BCUT2D eigenvalue weighted by Crippen LogP contribution is 2.43. The van der Waals surface area contributed by atoms with Gasteiger partial charge in [-0.3, -0.25) is 0 Å². The van der Waals surface area contributed by atoms with Crippen LogP contribution >= 0.6 is 11.8 Å². The highest BCUT2D eigenvalue weighted by molar-refractivity contribution is 8.00. The third-order valence-electron chi connectivity index (χ3n) is 3.36. The van der Waals surface area contributed by atoms with Crippen molar-refractivity contribution < 1.29 is 4.74 Å². The van der Waals surface area contributed by atoms with Gasteiger partial charge in [0, 0.05) is 10.6 Å². The Morgan fingerprint density at radius 1 is 1.15 bits per heavy atom. The summed E-state index contributed by atoms with van der Waals surface area (Å²) < 4.78 is 5.18. The van der Waals surface area contributed by atoms with Gasteiger partial charge in [0.15, 0.2) is 0 Å². The first-order valence-electron chi connectivity index (χ1n) is 6.37. The van der Waals surface area contributed by atoms with E-state index in [1.807, 2.05) is 48.5 Å². The van der Waals surface area contributed by atoms with Gasteiger partial charge in [-0.05, 0) is 29.8 Å². The number of methoxy groups -OCH3 is 1. The van der Waals surface area contributed by atoms with Gasteiger partial charge >= 0.3 is 0 Å². The molecule has 0 amide bonds. The molecule has 3 rings (SSSR count). The molecule has 0 saturated carbocycles. The van der Waals surface area contributed by atoms with E-state index in [9.17, 15) is 5.26 Å². The number of benzene rings is 2. The number of thioether (sulfide) groups is 1. The summed E-state index contributed by atoms with van der Waals surface area (Å²) in [5.74, 6) is 0.825. The van der Waals surface area contributed by atoms with Crippen molar-refractivity contribution >= 4 is 17.4 Å². The van der Waals surface area contributed by atoms with Gasteiger partial charge in [-0.25, -0.2) is 0 Å². The topological polar surface area (TPSA) is 45.0 Å². The van der Waals surface area contributed by atoms with E-state index in [0.29, 0.717) is 0 Å². The molecule has 4 heteroatoms. The van der Waals surface area contributed by atoms with Crippen LogP contribution in [0.5, 0.6) is 5.75 Å². The summed E-state index contributed by atoms with van der Waals surface area (Å²) in [5.41, 5.74) is 2.18. The van der Waals surface area contributed by atoms with Crippen molar-refractivity contribution in [2.75, 3.05) is 12.4 Å². The van der Waals surface area contributed by atoms with E-state index in [1.54, 1.807) is 18.9 Å². The molecule has 1 aliphatic rings. The van der Waals surface area contributed by atoms with Crippen LogP contribution in [0.1, 0.15) is 11.6 Å². The standard InChI is InChI=1S/C16H14N2OS/c1-19-12-8-6-11(7-9-12)16-15(10-17)20-14-5-3-2-4-13(14)18-16/h2-9,15-16,18H,1H3.